The lowest BCUT2D eigenvalue weighted by Gasteiger charge is -2.39. The fourth-order valence-electron chi connectivity index (χ4n) is 3.11. The Balaban J connectivity index is 1.83. The van der Waals surface area contributed by atoms with Crippen LogP contribution in [0.3, 0.4) is 0 Å². The van der Waals surface area contributed by atoms with Crippen molar-refractivity contribution in [3.63, 3.8) is 0 Å². The molecule has 0 aromatic rings. The van der Waals surface area contributed by atoms with Gasteiger partial charge in [-0.05, 0) is 50.9 Å². The molecule has 2 saturated heterocycles. The van der Waals surface area contributed by atoms with Gasteiger partial charge in [0.15, 0.2) is 0 Å². The molecule has 0 aromatic heterocycles. The standard InChI is InChI=1S/C12H24N2O/c1-2-13-6-3-12(4-7-13)5-8-14(11-12)9-10-15/h15H,2-11H2,1H3. The summed E-state index contributed by atoms with van der Waals surface area (Å²) in [7, 11) is 0. The maximum absolute atomic E-state index is 8.94. The van der Waals surface area contributed by atoms with Crippen molar-refractivity contribution in [2.45, 2.75) is 26.2 Å². The molecule has 0 aromatic carbocycles. The van der Waals surface area contributed by atoms with Crippen LogP contribution in [0.4, 0.5) is 0 Å². The summed E-state index contributed by atoms with van der Waals surface area (Å²) < 4.78 is 0. The summed E-state index contributed by atoms with van der Waals surface area (Å²) in [6.45, 7) is 9.64. The molecule has 2 rings (SSSR count). The van der Waals surface area contributed by atoms with Crippen LogP contribution >= 0.6 is 0 Å². The molecule has 1 spiro atoms. The predicted octanol–water partition coefficient (Wildman–Crippen LogP) is 0.786. The predicted molar refractivity (Wildman–Crippen MR) is 61.9 cm³/mol. The van der Waals surface area contributed by atoms with Crippen LogP contribution in [0.2, 0.25) is 0 Å². The lowest BCUT2D eigenvalue weighted by atomic mass is 9.78. The van der Waals surface area contributed by atoms with Crippen molar-refractivity contribution in [1.82, 2.24) is 9.80 Å². The minimum atomic E-state index is 0.317. The van der Waals surface area contributed by atoms with Gasteiger partial charge in [-0.15, -0.1) is 0 Å². The quantitative estimate of drug-likeness (QED) is 0.749. The molecule has 0 saturated carbocycles. The Bertz CT molecular complexity index is 200. The van der Waals surface area contributed by atoms with Gasteiger partial charge in [-0.2, -0.15) is 0 Å². The Hall–Kier alpha value is -0.120. The number of hydrogen-bond acceptors (Lipinski definition) is 3. The number of rotatable bonds is 3. The van der Waals surface area contributed by atoms with Gasteiger partial charge in [0.25, 0.3) is 0 Å². The van der Waals surface area contributed by atoms with Crippen LogP contribution in [-0.4, -0.2) is 60.8 Å². The summed E-state index contributed by atoms with van der Waals surface area (Å²) in [6.07, 6.45) is 4.08. The molecule has 88 valence electrons. The molecule has 2 aliphatic heterocycles. The molecule has 2 heterocycles. The summed E-state index contributed by atoms with van der Waals surface area (Å²) in [4.78, 5) is 4.99. The van der Waals surface area contributed by atoms with Crippen LogP contribution < -0.4 is 0 Å². The van der Waals surface area contributed by atoms with Gasteiger partial charge in [-0.3, -0.25) is 0 Å². The first kappa shape index (κ1) is 11.4. The van der Waals surface area contributed by atoms with Gasteiger partial charge in [-0.1, -0.05) is 6.92 Å². The van der Waals surface area contributed by atoms with Crippen molar-refractivity contribution in [3.05, 3.63) is 0 Å². The molecule has 3 heteroatoms. The second-order valence-corrected chi connectivity index (χ2v) is 5.18. The third-order valence-electron chi connectivity index (χ3n) is 4.30. The minimum Gasteiger partial charge on any atom is -0.395 e. The van der Waals surface area contributed by atoms with Crippen LogP contribution in [0.15, 0.2) is 0 Å². The third-order valence-corrected chi connectivity index (χ3v) is 4.30. The first-order valence-corrected chi connectivity index (χ1v) is 6.33. The van der Waals surface area contributed by atoms with Gasteiger partial charge in [0.1, 0.15) is 0 Å². The molecule has 0 aliphatic carbocycles. The van der Waals surface area contributed by atoms with Crippen molar-refractivity contribution in [3.8, 4) is 0 Å². The van der Waals surface area contributed by atoms with E-state index in [1.807, 2.05) is 0 Å². The van der Waals surface area contributed by atoms with E-state index in [4.69, 9.17) is 5.11 Å². The van der Waals surface area contributed by atoms with Gasteiger partial charge in [0.05, 0.1) is 6.61 Å². The normalized spacial score (nSPS) is 27.6. The van der Waals surface area contributed by atoms with Crippen LogP contribution in [-0.2, 0) is 0 Å². The summed E-state index contributed by atoms with van der Waals surface area (Å²) in [6, 6.07) is 0. The summed E-state index contributed by atoms with van der Waals surface area (Å²) in [5.41, 5.74) is 0.598. The average molecular weight is 212 g/mol. The smallest absolute Gasteiger partial charge is 0.0558 e. The van der Waals surface area contributed by atoms with Crippen molar-refractivity contribution < 1.29 is 5.11 Å². The lowest BCUT2D eigenvalue weighted by molar-refractivity contribution is 0.108. The van der Waals surface area contributed by atoms with Gasteiger partial charge in [0, 0.05) is 13.1 Å². The SMILES string of the molecule is CCN1CCC2(CC1)CCN(CCO)C2. The highest BCUT2D eigenvalue weighted by atomic mass is 16.3. The van der Waals surface area contributed by atoms with E-state index in [1.54, 1.807) is 0 Å². The zero-order valence-electron chi connectivity index (χ0n) is 9.91. The second-order valence-electron chi connectivity index (χ2n) is 5.18. The highest BCUT2D eigenvalue weighted by molar-refractivity contribution is 4.93. The second kappa shape index (κ2) is 4.81. The molecule has 0 radical (unpaired) electrons. The van der Waals surface area contributed by atoms with Gasteiger partial charge in [0.2, 0.25) is 0 Å². The number of hydrogen-bond donors (Lipinski definition) is 1. The van der Waals surface area contributed by atoms with E-state index in [2.05, 4.69) is 16.7 Å². The lowest BCUT2D eigenvalue weighted by Crippen LogP contribution is -2.41. The van der Waals surface area contributed by atoms with Gasteiger partial charge in [-0.25, -0.2) is 0 Å². The topological polar surface area (TPSA) is 26.7 Å². The van der Waals surface area contributed by atoms with Crippen molar-refractivity contribution in [2.75, 3.05) is 45.9 Å². The average Bonchev–Trinajstić information content (AvgIpc) is 2.64. The molecule has 3 nitrogen and oxygen atoms in total. The Labute approximate surface area is 93.1 Å². The van der Waals surface area contributed by atoms with Crippen LogP contribution in [0.25, 0.3) is 0 Å². The third kappa shape index (κ3) is 2.52. The van der Waals surface area contributed by atoms with E-state index >= 15 is 0 Å². The molecule has 1 N–H and O–H groups in total. The number of aliphatic hydroxyl groups is 1. The molecular weight excluding hydrogens is 188 g/mol. The fourth-order valence-corrected chi connectivity index (χ4v) is 3.11. The van der Waals surface area contributed by atoms with E-state index in [1.165, 1.54) is 52.0 Å². The summed E-state index contributed by atoms with van der Waals surface area (Å²) >= 11 is 0. The van der Waals surface area contributed by atoms with Crippen molar-refractivity contribution in [2.24, 2.45) is 5.41 Å². The largest absolute Gasteiger partial charge is 0.395 e. The van der Waals surface area contributed by atoms with Crippen molar-refractivity contribution >= 4 is 0 Å². The maximum atomic E-state index is 8.94. The number of piperidine rings is 1. The van der Waals surface area contributed by atoms with Crippen LogP contribution in [0.1, 0.15) is 26.2 Å². The summed E-state index contributed by atoms with van der Waals surface area (Å²) in [5.74, 6) is 0. The van der Waals surface area contributed by atoms with Crippen LogP contribution in [0.5, 0.6) is 0 Å². The Morgan fingerprint density at radius 2 is 1.67 bits per heavy atom. The maximum Gasteiger partial charge on any atom is 0.0558 e. The molecular formula is C12H24N2O. The van der Waals surface area contributed by atoms with E-state index in [9.17, 15) is 0 Å². The fraction of sp³-hybridized carbons (Fsp3) is 1.00. The Kier molecular flexibility index (Phi) is 3.65. The monoisotopic (exact) mass is 212 g/mol. The van der Waals surface area contributed by atoms with E-state index in [0.717, 1.165) is 6.54 Å². The molecule has 0 bridgehead atoms. The Morgan fingerprint density at radius 1 is 1.07 bits per heavy atom. The molecule has 15 heavy (non-hydrogen) atoms. The van der Waals surface area contributed by atoms with E-state index < -0.39 is 0 Å². The highest BCUT2D eigenvalue weighted by Gasteiger charge is 2.39. The zero-order valence-corrected chi connectivity index (χ0v) is 9.91. The minimum absolute atomic E-state index is 0.317. The molecule has 0 atom stereocenters. The number of aliphatic hydroxyl groups excluding tert-OH is 1. The first-order valence-electron chi connectivity index (χ1n) is 6.33. The number of β-amino-alcohol motifs (C(OH)–C–C–N with tert-alkyl or cyclic N) is 1. The molecule has 2 fully saturated rings. The van der Waals surface area contributed by atoms with Crippen LogP contribution in [0, 0.1) is 5.41 Å². The zero-order chi connectivity index (χ0) is 10.7. The van der Waals surface area contributed by atoms with Gasteiger partial charge >= 0.3 is 0 Å². The Morgan fingerprint density at radius 3 is 2.20 bits per heavy atom. The molecule has 2 aliphatic rings. The first-order chi connectivity index (χ1) is 7.28. The highest BCUT2D eigenvalue weighted by Crippen LogP contribution is 2.39. The molecule has 0 amide bonds. The van der Waals surface area contributed by atoms with Crippen molar-refractivity contribution in [1.29, 1.82) is 0 Å². The number of likely N-dealkylation sites (tertiary alicyclic amines) is 2. The van der Waals surface area contributed by atoms with Gasteiger partial charge < -0.3 is 14.9 Å². The van der Waals surface area contributed by atoms with E-state index in [-0.39, 0.29) is 0 Å². The number of nitrogens with zero attached hydrogens (tertiary/aromatic N) is 2. The summed E-state index contributed by atoms with van der Waals surface area (Å²) in [5, 5.41) is 8.94. The molecule has 0 unspecified atom stereocenters. The van der Waals surface area contributed by atoms with E-state index in [0.29, 0.717) is 12.0 Å².